The third kappa shape index (κ3) is 2.14. The van der Waals surface area contributed by atoms with Crippen molar-refractivity contribution in [2.75, 3.05) is 0 Å². The number of fused-ring (bicyclic) bond motifs is 1. The molecule has 98 valence electrons. The van der Waals surface area contributed by atoms with E-state index >= 15 is 0 Å². The largest absolute Gasteiger partial charge is 0.343 e. The molecule has 3 heteroatoms. The summed E-state index contributed by atoms with van der Waals surface area (Å²) in [6, 6.07) is 13.2. The van der Waals surface area contributed by atoms with Crippen LogP contribution in [0.4, 0.5) is 0 Å². The lowest BCUT2D eigenvalue weighted by Crippen LogP contribution is -2.07. The maximum atomic E-state index is 11.9. The molecule has 0 atom stereocenters. The van der Waals surface area contributed by atoms with Gasteiger partial charge in [-0.2, -0.15) is 0 Å². The predicted molar refractivity (Wildman–Crippen MR) is 81.6 cm³/mol. The molecular formula is C17H14N2O. The van der Waals surface area contributed by atoms with Crippen molar-refractivity contribution in [3.8, 4) is 11.3 Å². The van der Waals surface area contributed by atoms with E-state index in [-0.39, 0.29) is 5.43 Å². The van der Waals surface area contributed by atoms with Gasteiger partial charge in [0.25, 0.3) is 0 Å². The van der Waals surface area contributed by atoms with Crippen LogP contribution in [0.15, 0.2) is 72.3 Å². The zero-order valence-corrected chi connectivity index (χ0v) is 11.0. The van der Waals surface area contributed by atoms with Crippen LogP contribution in [0.2, 0.25) is 0 Å². The van der Waals surface area contributed by atoms with Gasteiger partial charge in [0.15, 0.2) is 5.43 Å². The molecule has 2 heterocycles. The molecule has 3 aromatic rings. The maximum Gasteiger partial charge on any atom is 0.189 e. The molecule has 0 unspecified atom stereocenters. The number of pyridine rings is 2. The van der Waals surface area contributed by atoms with Crippen LogP contribution >= 0.6 is 0 Å². The van der Waals surface area contributed by atoms with Crippen molar-refractivity contribution in [1.29, 1.82) is 0 Å². The van der Waals surface area contributed by atoms with E-state index in [1.165, 1.54) is 0 Å². The van der Waals surface area contributed by atoms with E-state index in [4.69, 9.17) is 0 Å². The molecule has 0 bridgehead atoms. The summed E-state index contributed by atoms with van der Waals surface area (Å²) in [5, 5.41) is 0.717. The average Bonchev–Trinajstić information content (AvgIpc) is 2.51. The van der Waals surface area contributed by atoms with Crippen molar-refractivity contribution in [3.05, 3.63) is 77.7 Å². The minimum Gasteiger partial charge on any atom is -0.343 e. The smallest absolute Gasteiger partial charge is 0.189 e. The molecule has 0 amide bonds. The van der Waals surface area contributed by atoms with E-state index < -0.39 is 0 Å². The van der Waals surface area contributed by atoms with Gasteiger partial charge < -0.3 is 4.57 Å². The normalized spacial score (nSPS) is 10.6. The molecule has 0 aliphatic heterocycles. The van der Waals surface area contributed by atoms with E-state index in [0.29, 0.717) is 11.9 Å². The third-order valence-corrected chi connectivity index (χ3v) is 3.26. The second-order valence-corrected chi connectivity index (χ2v) is 4.57. The Hall–Kier alpha value is -2.68. The molecule has 0 saturated heterocycles. The Labute approximate surface area is 116 Å². The second-order valence-electron chi connectivity index (χ2n) is 4.57. The fourth-order valence-electron chi connectivity index (χ4n) is 2.30. The van der Waals surface area contributed by atoms with E-state index in [9.17, 15) is 4.79 Å². The Balaban J connectivity index is 2.26. The molecule has 0 aliphatic rings. The molecule has 0 fully saturated rings. The summed E-state index contributed by atoms with van der Waals surface area (Å²) < 4.78 is 2.01. The van der Waals surface area contributed by atoms with Gasteiger partial charge in [-0.25, -0.2) is 0 Å². The van der Waals surface area contributed by atoms with Gasteiger partial charge in [0.2, 0.25) is 0 Å². The summed E-state index contributed by atoms with van der Waals surface area (Å²) in [6.07, 6.45) is 5.38. The first-order chi connectivity index (χ1) is 9.79. The Bertz CT molecular complexity index is 819. The number of hydrogen-bond donors (Lipinski definition) is 0. The first-order valence-corrected chi connectivity index (χ1v) is 6.45. The van der Waals surface area contributed by atoms with Crippen LogP contribution in [0, 0.1) is 0 Å². The molecule has 2 aromatic heterocycles. The van der Waals surface area contributed by atoms with E-state index in [0.717, 1.165) is 16.8 Å². The molecule has 0 radical (unpaired) electrons. The highest BCUT2D eigenvalue weighted by Crippen LogP contribution is 2.21. The van der Waals surface area contributed by atoms with Crippen LogP contribution in [0.25, 0.3) is 22.2 Å². The first kappa shape index (κ1) is 12.4. The SMILES string of the molecule is C=CCn1ccc(=O)c2ccc(-c3ccccn3)cc21. The van der Waals surface area contributed by atoms with Gasteiger partial charge in [0.05, 0.1) is 11.2 Å². The zero-order chi connectivity index (χ0) is 13.9. The van der Waals surface area contributed by atoms with Crippen molar-refractivity contribution in [2.45, 2.75) is 6.54 Å². The number of rotatable bonds is 3. The summed E-state index contributed by atoms with van der Waals surface area (Å²) in [6.45, 7) is 4.42. The van der Waals surface area contributed by atoms with Gasteiger partial charge >= 0.3 is 0 Å². The Kier molecular flexibility index (Phi) is 3.17. The van der Waals surface area contributed by atoms with E-state index in [1.54, 1.807) is 18.5 Å². The monoisotopic (exact) mass is 262 g/mol. The van der Waals surface area contributed by atoms with Gasteiger partial charge in [0.1, 0.15) is 0 Å². The molecular weight excluding hydrogens is 248 g/mol. The van der Waals surface area contributed by atoms with E-state index in [2.05, 4.69) is 11.6 Å². The number of benzene rings is 1. The molecule has 3 rings (SSSR count). The maximum absolute atomic E-state index is 11.9. The van der Waals surface area contributed by atoms with Gasteiger partial charge in [0, 0.05) is 36.0 Å². The van der Waals surface area contributed by atoms with Crippen LogP contribution in [-0.2, 0) is 6.54 Å². The van der Waals surface area contributed by atoms with Crippen molar-refractivity contribution in [1.82, 2.24) is 9.55 Å². The summed E-state index contributed by atoms with van der Waals surface area (Å²) in [5.41, 5.74) is 2.84. The Morgan fingerprint density at radius 1 is 1.20 bits per heavy atom. The quantitative estimate of drug-likeness (QED) is 0.679. The van der Waals surface area contributed by atoms with Gasteiger partial charge in [-0.15, -0.1) is 6.58 Å². The number of nitrogens with zero attached hydrogens (tertiary/aromatic N) is 2. The first-order valence-electron chi connectivity index (χ1n) is 6.45. The number of aromatic nitrogens is 2. The van der Waals surface area contributed by atoms with Crippen LogP contribution < -0.4 is 5.43 Å². The lowest BCUT2D eigenvalue weighted by molar-refractivity contribution is 0.853. The third-order valence-electron chi connectivity index (χ3n) is 3.26. The minimum absolute atomic E-state index is 0.0351. The molecule has 1 aromatic carbocycles. The van der Waals surface area contributed by atoms with E-state index in [1.807, 2.05) is 47.0 Å². The number of allylic oxidation sites excluding steroid dienone is 1. The van der Waals surface area contributed by atoms with Crippen LogP contribution in [0.1, 0.15) is 0 Å². The number of hydrogen-bond acceptors (Lipinski definition) is 2. The highest BCUT2D eigenvalue weighted by atomic mass is 16.1. The molecule has 0 spiro atoms. The van der Waals surface area contributed by atoms with Gasteiger partial charge in [-0.3, -0.25) is 9.78 Å². The van der Waals surface area contributed by atoms with Gasteiger partial charge in [-0.1, -0.05) is 18.2 Å². The van der Waals surface area contributed by atoms with Crippen LogP contribution in [0.5, 0.6) is 0 Å². The second kappa shape index (κ2) is 5.13. The standard InChI is InChI=1S/C17H14N2O/c1-2-10-19-11-8-17(20)14-7-6-13(12-16(14)19)15-5-3-4-9-18-15/h2-9,11-12H,1,10H2. The zero-order valence-electron chi connectivity index (χ0n) is 11.0. The summed E-state index contributed by atoms with van der Waals surface area (Å²) in [5.74, 6) is 0. The fourth-order valence-corrected chi connectivity index (χ4v) is 2.30. The Morgan fingerprint density at radius 3 is 2.85 bits per heavy atom. The average molecular weight is 262 g/mol. The van der Waals surface area contributed by atoms with Crippen molar-refractivity contribution < 1.29 is 0 Å². The molecule has 0 saturated carbocycles. The van der Waals surface area contributed by atoms with Crippen LogP contribution in [0.3, 0.4) is 0 Å². The molecule has 3 nitrogen and oxygen atoms in total. The molecule has 20 heavy (non-hydrogen) atoms. The highest BCUT2D eigenvalue weighted by molar-refractivity contribution is 5.83. The lowest BCUT2D eigenvalue weighted by atomic mass is 10.1. The van der Waals surface area contributed by atoms with Crippen molar-refractivity contribution in [2.24, 2.45) is 0 Å². The van der Waals surface area contributed by atoms with Crippen molar-refractivity contribution >= 4 is 10.9 Å². The minimum atomic E-state index is 0.0351. The van der Waals surface area contributed by atoms with Gasteiger partial charge in [-0.05, 0) is 24.3 Å². The molecule has 0 aliphatic carbocycles. The highest BCUT2D eigenvalue weighted by Gasteiger charge is 2.05. The summed E-state index contributed by atoms with van der Waals surface area (Å²) in [4.78, 5) is 16.3. The topological polar surface area (TPSA) is 34.9 Å². The van der Waals surface area contributed by atoms with Crippen LogP contribution in [-0.4, -0.2) is 9.55 Å². The fraction of sp³-hybridized carbons (Fsp3) is 0.0588. The van der Waals surface area contributed by atoms with Crippen molar-refractivity contribution in [3.63, 3.8) is 0 Å². The Morgan fingerprint density at radius 2 is 2.10 bits per heavy atom. The predicted octanol–water partition coefficient (Wildman–Crippen LogP) is 3.25. The summed E-state index contributed by atoms with van der Waals surface area (Å²) in [7, 11) is 0. The molecule has 0 N–H and O–H groups in total. The lowest BCUT2D eigenvalue weighted by Gasteiger charge is -2.09. The summed E-state index contributed by atoms with van der Waals surface area (Å²) >= 11 is 0.